The number of carbonyl (C=O) groups excluding carboxylic acids is 1. The Kier molecular flexibility index (Phi) is 10.0. The molecule has 1 heterocycles. The van der Waals surface area contributed by atoms with E-state index in [-0.39, 0.29) is 35.9 Å². The van der Waals surface area contributed by atoms with Crippen LogP contribution < -0.4 is 5.32 Å². The minimum Gasteiger partial charge on any atom is -0.381 e. The van der Waals surface area contributed by atoms with Crippen LogP contribution in [-0.2, 0) is 29.1 Å². The van der Waals surface area contributed by atoms with Crippen LogP contribution >= 0.6 is 0 Å². The van der Waals surface area contributed by atoms with Crippen molar-refractivity contribution in [2.24, 2.45) is 0 Å². The van der Waals surface area contributed by atoms with E-state index in [1.165, 1.54) is 7.05 Å². The number of hydrogen-bond acceptors (Lipinski definition) is 8. The van der Waals surface area contributed by atoms with Crippen LogP contribution in [0.15, 0.2) is 41.0 Å². The predicted molar refractivity (Wildman–Crippen MR) is 139 cm³/mol. The third-order valence-corrected chi connectivity index (χ3v) is 13.1. The Morgan fingerprint density at radius 3 is 2.21 bits per heavy atom. The second-order valence-electron chi connectivity index (χ2n) is 10.2. The number of nitrogens with one attached hydrogen (secondary N) is 1. The van der Waals surface area contributed by atoms with Crippen LogP contribution in [0.5, 0.6) is 0 Å². The number of carbonyl (C=O) groups is 1. The van der Waals surface area contributed by atoms with Gasteiger partial charge in [0.05, 0.1) is 17.9 Å². The Hall–Kier alpha value is -2.50. The number of halogens is 3. The number of sulfonamides is 1. The van der Waals surface area contributed by atoms with Gasteiger partial charge in [-0.2, -0.15) is 25.9 Å². The average Bonchev–Trinajstić information content (AvgIpc) is 2.82. The number of rotatable bonds is 12. The minimum atomic E-state index is -6.03. The van der Waals surface area contributed by atoms with Gasteiger partial charge in [-0.3, -0.25) is 14.9 Å². The zero-order valence-corrected chi connectivity index (χ0v) is 24.6. The SMILES string of the molecule is CNC(=O)CCCCCC1([Si](C)(C)C)CN(S(=O)(=O)c2ccc([N+](=O)[O-])cc2)CC=C1OS(=O)(=O)C(F)(F)F. The summed E-state index contributed by atoms with van der Waals surface area (Å²) >= 11 is 0. The summed E-state index contributed by atoms with van der Waals surface area (Å²) in [6.07, 6.45) is 2.69. The molecular weight excluding hydrogens is 583 g/mol. The monoisotopic (exact) mass is 615 g/mol. The van der Waals surface area contributed by atoms with Crippen molar-refractivity contribution in [3.8, 4) is 0 Å². The summed E-state index contributed by atoms with van der Waals surface area (Å²) in [5.41, 5.74) is -6.01. The normalized spacial score (nSPS) is 19.3. The Labute approximate surface area is 226 Å². The lowest BCUT2D eigenvalue weighted by Gasteiger charge is -2.49. The number of non-ortho nitro benzene ring substituents is 1. The van der Waals surface area contributed by atoms with Gasteiger partial charge in [0.2, 0.25) is 15.9 Å². The highest BCUT2D eigenvalue weighted by Gasteiger charge is 2.56. The fourth-order valence-corrected chi connectivity index (χ4v) is 9.04. The van der Waals surface area contributed by atoms with Crippen LogP contribution in [0, 0.1) is 10.1 Å². The van der Waals surface area contributed by atoms with Crippen molar-refractivity contribution in [1.29, 1.82) is 0 Å². The van der Waals surface area contributed by atoms with E-state index in [0.29, 0.717) is 19.3 Å². The van der Waals surface area contributed by atoms with Crippen molar-refractivity contribution in [1.82, 2.24) is 9.62 Å². The lowest BCUT2D eigenvalue weighted by atomic mass is 9.94. The van der Waals surface area contributed by atoms with Gasteiger partial charge >= 0.3 is 15.6 Å². The van der Waals surface area contributed by atoms with E-state index in [9.17, 15) is 44.9 Å². The summed E-state index contributed by atoms with van der Waals surface area (Å²) in [6, 6.07) is 4.17. The molecule has 0 aromatic heterocycles. The number of amides is 1. The van der Waals surface area contributed by atoms with Crippen molar-refractivity contribution in [2.75, 3.05) is 20.1 Å². The first-order valence-corrected chi connectivity index (χ1v) is 18.3. The number of nitro benzene ring substituents is 1. The first kappa shape index (κ1) is 32.7. The molecule has 11 nitrogen and oxygen atoms in total. The molecule has 1 atom stereocenters. The molecule has 1 aliphatic rings. The smallest absolute Gasteiger partial charge is 0.381 e. The molecule has 0 bridgehead atoms. The van der Waals surface area contributed by atoms with Gasteiger partial charge in [-0.1, -0.05) is 32.5 Å². The molecule has 0 aliphatic carbocycles. The molecule has 1 amide bonds. The first-order valence-electron chi connectivity index (χ1n) is 11.9. The van der Waals surface area contributed by atoms with Crippen molar-refractivity contribution < 1.29 is 43.9 Å². The molecular formula is C22H32F3N3O8S2Si. The molecule has 1 aliphatic heterocycles. The quantitative estimate of drug-likeness (QED) is 0.0920. The molecule has 0 saturated heterocycles. The van der Waals surface area contributed by atoms with Crippen LogP contribution in [0.2, 0.25) is 24.7 Å². The molecule has 0 fully saturated rings. The molecule has 17 heteroatoms. The Balaban J connectivity index is 2.52. The average molecular weight is 616 g/mol. The number of alkyl halides is 3. The topological polar surface area (TPSA) is 153 Å². The van der Waals surface area contributed by atoms with Gasteiger partial charge < -0.3 is 9.50 Å². The summed E-state index contributed by atoms with van der Waals surface area (Å²) in [5, 5.41) is 12.1. The standard InChI is InChI=1S/C22H32F3N3O8S2Si/c1-26-20(29)8-6-5-7-14-21(39(2,3)4)16-27(15-13-19(21)36-38(34,35)22(23,24)25)37(32,33)18-11-9-17(10-12-18)28(30)31/h9-13H,5-8,14-16H2,1-4H3,(H,26,29). The van der Waals surface area contributed by atoms with Crippen LogP contribution in [0.1, 0.15) is 32.1 Å². The van der Waals surface area contributed by atoms with Crippen LogP contribution in [0.25, 0.3) is 0 Å². The molecule has 2 rings (SSSR count). The van der Waals surface area contributed by atoms with E-state index in [0.717, 1.165) is 34.6 Å². The maximum absolute atomic E-state index is 13.5. The highest BCUT2D eigenvalue weighted by molar-refractivity contribution is 7.89. The van der Waals surface area contributed by atoms with E-state index in [1.54, 1.807) is 19.6 Å². The van der Waals surface area contributed by atoms with Gasteiger partial charge in [-0.05, 0) is 31.1 Å². The van der Waals surface area contributed by atoms with Crippen LogP contribution in [-0.4, -0.2) is 65.7 Å². The van der Waals surface area contributed by atoms with Gasteiger partial charge in [0.25, 0.3) is 5.69 Å². The Morgan fingerprint density at radius 1 is 1.13 bits per heavy atom. The van der Waals surface area contributed by atoms with Crippen molar-refractivity contribution in [3.05, 3.63) is 46.2 Å². The molecule has 1 unspecified atom stereocenters. The first-order chi connectivity index (χ1) is 17.8. The van der Waals surface area contributed by atoms with Gasteiger partial charge in [-0.25, -0.2) is 8.42 Å². The minimum absolute atomic E-state index is 0.113. The molecule has 0 saturated carbocycles. The molecule has 0 radical (unpaired) electrons. The van der Waals surface area contributed by atoms with E-state index >= 15 is 0 Å². The Morgan fingerprint density at radius 2 is 1.72 bits per heavy atom. The fourth-order valence-electron chi connectivity index (χ4n) is 4.37. The van der Waals surface area contributed by atoms with Crippen molar-refractivity contribution >= 4 is 39.8 Å². The van der Waals surface area contributed by atoms with Crippen molar-refractivity contribution in [2.45, 2.75) is 67.2 Å². The summed E-state index contributed by atoms with van der Waals surface area (Å²) in [5.74, 6) is -0.631. The molecule has 0 spiro atoms. The zero-order valence-electron chi connectivity index (χ0n) is 21.9. The maximum Gasteiger partial charge on any atom is 0.534 e. The molecule has 39 heavy (non-hydrogen) atoms. The third-order valence-electron chi connectivity index (χ3n) is 6.79. The number of nitro groups is 1. The second-order valence-corrected chi connectivity index (χ2v) is 19.1. The lowest BCUT2D eigenvalue weighted by molar-refractivity contribution is -0.384. The number of benzene rings is 1. The molecule has 1 N–H and O–H groups in total. The van der Waals surface area contributed by atoms with E-state index in [4.69, 9.17) is 0 Å². The van der Waals surface area contributed by atoms with Gasteiger partial charge in [0.15, 0.2) is 0 Å². The van der Waals surface area contributed by atoms with E-state index in [1.807, 2.05) is 0 Å². The zero-order chi connectivity index (χ0) is 29.9. The molecule has 220 valence electrons. The number of hydrogen-bond donors (Lipinski definition) is 1. The van der Waals surface area contributed by atoms with E-state index in [2.05, 4.69) is 9.50 Å². The predicted octanol–water partition coefficient (Wildman–Crippen LogP) is 4.12. The summed E-state index contributed by atoms with van der Waals surface area (Å²) in [7, 11) is -11.6. The second kappa shape index (κ2) is 11.9. The van der Waals surface area contributed by atoms with Crippen LogP contribution in [0.3, 0.4) is 0 Å². The summed E-state index contributed by atoms with van der Waals surface area (Å²) in [4.78, 5) is 21.5. The number of nitrogens with zero attached hydrogens (tertiary/aromatic N) is 2. The third kappa shape index (κ3) is 7.37. The van der Waals surface area contributed by atoms with Crippen LogP contribution in [0.4, 0.5) is 18.9 Å². The highest BCUT2D eigenvalue weighted by atomic mass is 32.2. The van der Waals surface area contributed by atoms with Crippen molar-refractivity contribution in [3.63, 3.8) is 0 Å². The highest BCUT2D eigenvalue weighted by Crippen LogP contribution is 2.54. The van der Waals surface area contributed by atoms with E-state index < -0.39 is 56.0 Å². The number of unbranched alkanes of at least 4 members (excludes halogenated alkanes) is 2. The van der Waals surface area contributed by atoms with Gasteiger partial charge in [0.1, 0.15) is 5.76 Å². The molecule has 1 aromatic rings. The largest absolute Gasteiger partial charge is 0.534 e. The van der Waals surface area contributed by atoms with Gasteiger partial charge in [0, 0.05) is 43.7 Å². The van der Waals surface area contributed by atoms with Gasteiger partial charge in [-0.15, -0.1) is 0 Å². The summed E-state index contributed by atoms with van der Waals surface area (Å²) in [6.45, 7) is 4.51. The summed E-state index contributed by atoms with van der Waals surface area (Å²) < 4.78 is 96.4. The Bertz CT molecular complexity index is 1310. The lowest BCUT2D eigenvalue weighted by Crippen LogP contribution is -2.53. The maximum atomic E-state index is 13.5. The molecule has 1 aromatic carbocycles. The fraction of sp³-hybridized carbons (Fsp3) is 0.591.